The van der Waals surface area contributed by atoms with E-state index in [1.54, 1.807) is 48.5 Å². The van der Waals surface area contributed by atoms with Crippen molar-refractivity contribution in [1.82, 2.24) is 15.0 Å². The molecule has 0 N–H and O–H groups in total. The van der Waals surface area contributed by atoms with E-state index in [0.717, 1.165) is 5.69 Å². The highest BCUT2D eigenvalue weighted by Gasteiger charge is 2.22. The molecule has 1 fully saturated rings. The molecule has 1 aliphatic heterocycles. The van der Waals surface area contributed by atoms with Crippen molar-refractivity contribution in [2.45, 2.75) is 0 Å². The van der Waals surface area contributed by atoms with Crippen molar-refractivity contribution in [3.05, 3.63) is 90.0 Å². The maximum atomic E-state index is 13.4. The highest BCUT2D eigenvalue weighted by atomic mass is 19.1. The zero-order valence-electron chi connectivity index (χ0n) is 17.6. The number of benzene rings is 3. The van der Waals surface area contributed by atoms with Gasteiger partial charge in [-0.1, -0.05) is 17.3 Å². The number of hydrogen-bond acceptors (Lipinski definition) is 5. The molecule has 0 atom stereocenters. The van der Waals surface area contributed by atoms with Crippen LogP contribution in [0.5, 0.6) is 0 Å². The van der Waals surface area contributed by atoms with Crippen LogP contribution in [0.4, 0.5) is 14.5 Å². The Bertz CT molecular complexity index is 1260. The van der Waals surface area contributed by atoms with Crippen LogP contribution >= 0.6 is 0 Å². The van der Waals surface area contributed by atoms with E-state index in [0.29, 0.717) is 54.6 Å². The van der Waals surface area contributed by atoms with Crippen LogP contribution in [0.1, 0.15) is 10.4 Å². The molecule has 1 aliphatic rings. The molecule has 8 heteroatoms. The van der Waals surface area contributed by atoms with Gasteiger partial charge in [-0.3, -0.25) is 4.79 Å². The van der Waals surface area contributed by atoms with Gasteiger partial charge in [0.2, 0.25) is 5.82 Å². The van der Waals surface area contributed by atoms with Gasteiger partial charge in [0.25, 0.3) is 11.8 Å². The van der Waals surface area contributed by atoms with Crippen molar-refractivity contribution < 1.29 is 18.1 Å². The zero-order valence-corrected chi connectivity index (χ0v) is 17.6. The Morgan fingerprint density at radius 2 is 1.55 bits per heavy atom. The van der Waals surface area contributed by atoms with Crippen LogP contribution in [0.3, 0.4) is 0 Å². The summed E-state index contributed by atoms with van der Waals surface area (Å²) in [7, 11) is 0. The minimum atomic E-state index is -0.375. The highest BCUT2D eigenvalue weighted by Crippen LogP contribution is 2.24. The maximum Gasteiger partial charge on any atom is 0.258 e. The van der Waals surface area contributed by atoms with E-state index < -0.39 is 0 Å². The topological polar surface area (TPSA) is 62.5 Å². The first-order chi connectivity index (χ1) is 16.1. The Kier molecular flexibility index (Phi) is 5.56. The molecule has 0 unspecified atom stereocenters. The van der Waals surface area contributed by atoms with Crippen molar-refractivity contribution in [1.29, 1.82) is 0 Å². The number of nitrogens with zero attached hydrogens (tertiary/aromatic N) is 4. The molecule has 6 nitrogen and oxygen atoms in total. The van der Waals surface area contributed by atoms with Crippen molar-refractivity contribution >= 4 is 11.6 Å². The Morgan fingerprint density at radius 3 is 2.24 bits per heavy atom. The summed E-state index contributed by atoms with van der Waals surface area (Å²) in [6, 6.07) is 19.3. The van der Waals surface area contributed by atoms with Crippen molar-refractivity contribution in [3.63, 3.8) is 0 Å². The summed E-state index contributed by atoms with van der Waals surface area (Å²) in [6.07, 6.45) is 0. The Balaban J connectivity index is 1.24. The fourth-order valence-electron chi connectivity index (χ4n) is 3.84. The Morgan fingerprint density at radius 1 is 0.818 bits per heavy atom. The number of rotatable bonds is 4. The van der Waals surface area contributed by atoms with Gasteiger partial charge in [0, 0.05) is 48.6 Å². The lowest BCUT2D eigenvalue weighted by molar-refractivity contribution is 0.0747. The quantitative estimate of drug-likeness (QED) is 0.457. The molecule has 5 rings (SSSR count). The summed E-state index contributed by atoms with van der Waals surface area (Å²) in [4.78, 5) is 21.2. The fourth-order valence-corrected chi connectivity index (χ4v) is 3.84. The molecule has 0 radical (unpaired) electrons. The molecule has 0 aliphatic carbocycles. The molecular weight excluding hydrogens is 426 g/mol. The summed E-state index contributed by atoms with van der Waals surface area (Å²) >= 11 is 0. The molecule has 1 amide bonds. The van der Waals surface area contributed by atoms with Crippen LogP contribution in [0.25, 0.3) is 22.8 Å². The van der Waals surface area contributed by atoms with Gasteiger partial charge in [-0.05, 0) is 60.7 Å². The fraction of sp³-hybridized carbons (Fsp3) is 0.160. The second-order valence-corrected chi connectivity index (χ2v) is 7.77. The third-order valence-electron chi connectivity index (χ3n) is 5.65. The van der Waals surface area contributed by atoms with Crippen LogP contribution in [-0.4, -0.2) is 47.1 Å². The second kappa shape index (κ2) is 8.82. The molecule has 0 bridgehead atoms. The van der Waals surface area contributed by atoms with E-state index >= 15 is 0 Å². The minimum absolute atomic E-state index is 0.0497. The zero-order chi connectivity index (χ0) is 22.8. The number of halogens is 2. The average Bonchev–Trinajstić information content (AvgIpc) is 3.35. The molecule has 2 heterocycles. The Hall–Kier alpha value is -4.07. The van der Waals surface area contributed by atoms with Crippen LogP contribution in [0.15, 0.2) is 77.3 Å². The van der Waals surface area contributed by atoms with Crippen LogP contribution in [0, 0.1) is 11.6 Å². The minimum Gasteiger partial charge on any atom is -0.368 e. The van der Waals surface area contributed by atoms with Gasteiger partial charge in [-0.15, -0.1) is 0 Å². The largest absolute Gasteiger partial charge is 0.368 e. The molecule has 1 saturated heterocycles. The maximum absolute atomic E-state index is 13.4. The van der Waals surface area contributed by atoms with Crippen molar-refractivity contribution in [3.8, 4) is 22.8 Å². The van der Waals surface area contributed by atoms with E-state index in [1.807, 2.05) is 4.90 Å². The third kappa shape index (κ3) is 4.45. The normalized spacial score (nSPS) is 13.9. The van der Waals surface area contributed by atoms with Crippen LogP contribution in [0.2, 0.25) is 0 Å². The van der Waals surface area contributed by atoms with Gasteiger partial charge in [0.05, 0.1) is 0 Å². The standard InChI is InChI=1S/C25H20F2N4O2/c26-20-8-10-22(11-9-20)30-12-14-31(15-13-30)25(32)18-6-4-17(5-7-18)24-28-23(29-33-24)19-2-1-3-21(27)16-19/h1-11,16H,12-15H2. The smallest absolute Gasteiger partial charge is 0.258 e. The second-order valence-electron chi connectivity index (χ2n) is 7.77. The molecule has 33 heavy (non-hydrogen) atoms. The lowest BCUT2D eigenvalue weighted by Gasteiger charge is -2.36. The van der Waals surface area contributed by atoms with E-state index in [9.17, 15) is 13.6 Å². The van der Waals surface area contributed by atoms with Gasteiger partial charge < -0.3 is 14.3 Å². The number of hydrogen-bond donors (Lipinski definition) is 0. The van der Waals surface area contributed by atoms with Gasteiger partial charge in [0.1, 0.15) is 11.6 Å². The van der Waals surface area contributed by atoms with Crippen molar-refractivity contribution in [2.75, 3.05) is 31.1 Å². The van der Waals surface area contributed by atoms with Crippen LogP contribution < -0.4 is 4.90 Å². The summed E-state index contributed by atoms with van der Waals surface area (Å²) in [5.74, 6) is -0.0990. The van der Waals surface area contributed by atoms with Crippen LogP contribution in [-0.2, 0) is 0 Å². The van der Waals surface area contributed by atoms with E-state index in [-0.39, 0.29) is 17.5 Å². The molecule has 3 aromatic carbocycles. The van der Waals surface area contributed by atoms with Gasteiger partial charge >= 0.3 is 0 Å². The first kappa shape index (κ1) is 20.8. The predicted octanol–water partition coefficient (Wildman–Crippen LogP) is 4.64. The Labute approximate surface area is 189 Å². The number of aromatic nitrogens is 2. The number of carbonyl (C=O) groups excluding carboxylic acids is 1. The predicted molar refractivity (Wildman–Crippen MR) is 120 cm³/mol. The van der Waals surface area contributed by atoms with E-state index in [2.05, 4.69) is 15.0 Å². The van der Waals surface area contributed by atoms with Gasteiger partial charge in [0.15, 0.2) is 0 Å². The summed E-state index contributed by atoms with van der Waals surface area (Å²) in [5, 5.41) is 3.92. The lowest BCUT2D eigenvalue weighted by Crippen LogP contribution is -2.48. The monoisotopic (exact) mass is 446 g/mol. The number of carbonyl (C=O) groups is 1. The molecule has 166 valence electrons. The lowest BCUT2D eigenvalue weighted by atomic mass is 10.1. The van der Waals surface area contributed by atoms with E-state index in [1.165, 1.54) is 24.3 Å². The summed E-state index contributed by atoms with van der Waals surface area (Å²) in [5.41, 5.74) is 2.71. The molecule has 4 aromatic rings. The number of piperazine rings is 1. The first-order valence-corrected chi connectivity index (χ1v) is 10.6. The summed E-state index contributed by atoms with van der Waals surface area (Å²) < 4.78 is 31.9. The average molecular weight is 446 g/mol. The summed E-state index contributed by atoms with van der Waals surface area (Å²) in [6.45, 7) is 2.53. The van der Waals surface area contributed by atoms with E-state index in [4.69, 9.17) is 4.52 Å². The van der Waals surface area contributed by atoms with Crippen molar-refractivity contribution in [2.24, 2.45) is 0 Å². The molecule has 0 spiro atoms. The third-order valence-corrected chi connectivity index (χ3v) is 5.65. The van der Waals surface area contributed by atoms with Gasteiger partial charge in [-0.25, -0.2) is 8.78 Å². The van der Waals surface area contributed by atoms with Gasteiger partial charge in [-0.2, -0.15) is 4.98 Å². The number of anilines is 1. The number of amides is 1. The molecule has 0 saturated carbocycles. The molecular formula is C25H20F2N4O2. The first-order valence-electron chi connectivity index (χ1n) is 10.6. The highest BCUT2D eigenvalue weighted by molar-refractivity contribution is 5.94. The molecule has 1 aromatic heterocycles. The SMILES string of the molecule is O=C(c1ccc(-c2nc(-c3cccc(F)c3)no2)cc1)N1CCN(c2ccc(F)cc2)CC1.